The minimum atomic E-state index is -0.250. The van der Waals surface area contributed by atoms with Crippen LogP contribution in [0.2, 0.25) is 0 Å². The molecule has 1 aliphatic carbocycles. The van der Waals surface area contributed by atoms with Gasteiger partial charge in [0.05, 0.1) is 5.39 Å². The highest BCUT2D eigenvalue weighted by atomic mass is 17.1. The molecule has 0 amide bonds. The van der Waals surface area contributed by atoms with Crippen molar-refractivity contribution in [1.29, 1.82) is 0 Å². The van der Waals surface area contributed by atoms with Gasteiger partial charge in [0.2, 0.25) is 0 Å². The van der Waals surface area contributed by atoms with E-state index in [0.717, 1.165) is 12.8 Å². The van der Waals surface area contributed by atoms with E-state index < -0.39 is 0 Å². The highest BCUT2D eigenvalue weighted by Crippen LogP contribution is 2.12. The number of nitrogens with zero attached hydrogens (tertiary/aromatic N) is 1. The van der Waals surface area contributed by atoms with E-state index in [4.69, 9.17) is 10.4 Å². The van der Waals surface area contributed by atoms with Crippen LogP contribution in [0, 0.1) is 0 Å². The van der Waals surface area contributed by atoms with Gasteiger partial charge < -0.3 is 0 Å². The molecule has 0 aromatic carbocycles. The van der Waals surface area contributed by atoms with E-state index in [1.807, 2.05) is 6.08 Å². The summed E-state index contributed by atoms with van der Waals surface area (Å²) in [7, 11) is 0. The van der Waals surface area contributed by atoms with Gasteiger partial charge in [-0.15, -0.1) is 0 Å². The second kappa shape index (κ2) is 2.93. The Balaban J connectivity index is 2.20. The first kappa shape index (κ1) is 6.70. The monoisotopic (exact) mass is 131 g/mol. The van der Waals surface area contributed by atoms with Gasteiger partial charge in [0.25, 0.3) is 0 Å². The Hall–Kier alpha value is -0.420. The van der Waals surface area contributed by atoms with Gasteiger partial charge in [-0.1, -0.05) is 12.2 Å². The predicted molar refractivity (Wildman–Crippen MR) is 28.7 cm³/mol. The second-order valence-corrected chi connectivity index (χ2v) is 1.90. The van der Waals surface area contributed by atoms with E-state index in [-0.39, 0.29) is 11.5 Å². The molecule has 0 aromatic heterocycles. The summed E-state index contributed by atoms with van der Waals surface area (Å²) >= 11 is 0. The molecule has 0 fully saturated rings. The molecule has 4 heteroatoms. The van der Waals surface area contributed by atoms with Gasteiger partial charge >= 0.3 is 0 Å². The largest absolute Gasteiger partial charge is 0.266 e. The molecule has 4 nitrogen and oxygen atoms in total. The Morgan fingerprint density at radius 1 is 1.56 bits per heavy atom. The minimum absolute atomic E-state index is 0.167. The fraction of sp³-hybridized carbons (Fsp3) is 0.600. The predicted octanol–water partition coefficient (Wildman–Crippen LogP) is 0.717. The van der Waals surface area contributed by atoms with Crippen LogP contribution in [0.15, 0.2) is 12.2 Å². The Kier molecular flexibility index (Phi) is 2.18. The van der Waals surface area contributed by atoms with Crippen LogP contribution < -0.4 is 0 Å². The highest BCUT2D eigenvalue weighted by Gasteiger charge is 2.11. The fourth-order valence-corrected chi connectivity index (χ4v) is 0.814. The first-order valence-corrected chi connectivity index (χ1v) is 2.80. The summed E-state index contributed by atoms with van der Waals surface area (Å²) in [6.45, 7) is 0. The topological polar surface area (TPSA) is 52.9 Å². The van der Waals surface area contributed by atoms with Gasteiger partial charge in [0.15, 0.2) is 0 Å². The Bertz CT molecular complexity index is 113. The minimum Gasteiger partial charge on any atom is -0.266 e. The molecule has 0 aromatic rings. The van der Waals surface area contributed by atoms with Crippen LogP contribution in [-0.2, 0) is 4.84 Å². The molecule has 0 heterocycles. The van der Waals surface area contributed by atoms with Crippen molar-refractivity contribution in [3.05, 3.63) is 12.2 Å². The zero-order valence-electron chi connectivity index (χ0n) is 4.90. The summed E-state index contributed by atoms with van der Waals surface area (Å²) in [4.78, 5) is 4.47. The quantitative estimate of drug-likeness (QED) is 0.428. The summed E-state index contributed by atoms with van der Waals surface area (Å²) in [6.07, 6.45) is 5.32. The summed E-state index contributed by atoms with van der Waals surface area (Å²) in [5.74, 6) is 0. The maximum atomic E-state index is 8.15. The average Bonchev–Trinajstić information content (AvgIpc) is 2.15. The lowest BCUT2D eigenvalue weighted by Crippen LogP contribution is -2.20. The third-order valence-electron chi connectivity index (χ3n) is 1.20. The van der Waals surface area contributed by atoms with Crippen LogP contribution in [0.1, 0.15) is 12.8 Å². The lowest BCUT2D eigenvalue weighted by molar-refractivity contribution is -0.500. The van der Waals surface area contributed by atoms with E-state index in [2.05, 4.69) is 4.84 Å². The summed E-state index contributed by atoms with van der Waals surface area (Å²) in [6, 6.07) is 0. The van der Waals surface area contributed by atoms with Gasteiger partial charge in [-0.25, -0.2) is 4.84 Å². The first-order valence-electron chi connectivity index (χ1n) is 2.80. The summed E-state index contributed by atoms with van der Waals surface area (Å²) in [5, 5.41) is 16.0. The number of hydrogen-bond acceptors (Lipinski definition) is 4. The van der Waals surface area contributed by atoms with Crippen LogP contribution in [-0.4, -0.2) is 21.9 Å². The maximum Gasteiger partial charge on any atom is 0.103 e. The SMILES string of the molecule is ON(O)OC1C=CCC1. The average molecular weight is 131 g/mol. The van der Waals surface area contributed by atoms with E-state index in [1.54, 1.807) is 6.08 Å². The molecule has 0 spiro atoms. The van der Waals surface area contributed by atoms with Gasteiger partial charge in [-0.3, -0.25) is 10.4 Å². The molecule has 9 heavy (non-hydrogen) atoms. The zero-order valence-corrected chi connectivity index (χ0v) is 4.90. The van der Waals surface area contributed by atoms with E-state index >= 15 is 0 Å². The van der Waals surface area contributed by atoms with Crippen molar-refractivity contribution >= 4 is 0 Å². The van der Waals surface area contributed by atoms with Crippen LogP contribution >= 0.6 is 0 Å². The lowest BCUT2D eigenvalue weighted by atomic mass is 10.3. The Morgan fingerprint density at radius 3 is 2.78 bits per heavy atom. The van der Waals surface area contributed by atoms with Crippen molar-refractivity contribution in [1.82, 2.24) is 5.39 Å². The van der Waals surface area contributed by atoms with Gasteiger partial charge in [0, 0.05) is 0 Å². The van der Waals surface area contributed by atoms with Crippen molar-refractivity contribution in [2.45, 2.75) is 18.9 Å². The van der Waals surface area contributed by atoms with E-state index in [1.165, 1.54) is 0 Å². The highest BCUT2D eigenvalue weighted by molar-refractivity contribution is 4.96. The van der Waals surface area contributed by atoms with Gasteiger partial charge in [0.1, 0.15) is 6.10 Å². The summed E-state index contributed by atoms with van der Waals surface area (Å²) < 4.78 is 0. The fourth-order valence-electron chi connectivity index (χ4n) is 0.814. The van der Waals surface area contributed by atoms with Crippen molar-refractivity contribution < 1.29 is 15.3 Å². The van der Waals surface area contributed by atoms with Crippen molar-refractivity contribution in [3.8, 4) is 0 Å². The van der Waals surface area contributed by atoms with Crippen molar-refractivity contribution in [2.24, 2.45) is 0 Å². The molecule has 0 radical (unpaired) electrons. The third kappa shape index (κ3) is 2.11. The zero-order chi connectivity index (χ0) is 6.69. The van der Waals surface area contributed by atoms with Gasteiger partial charge in [-0.05, 0) is 12.8 Å². The molecular formula is C5H9NO3. The van der Waals surface area contributed by atoms with Crippen LogP contribution in [0.3, 0.4) is 0 Å². The smallest absolute Gasteiger partial charge is 0.103 e. The summed E-state index contributed by atoms with van der Waals surface area (Å²) in [5.41, 5.74) is 0. The molecule has 52 valence electrons. The molecule has 1 aliphatic rings. The second-order valence-electron chi connectivity index (χ2n) is 1.90. The lowest BCUT2D eigenvalue weighted by Gasteiger charge is -2.10. The molecule has 2 N–H and O–H groups in total. The molecule has 1 rings (SSSR count). The maximum absolute atomic E-state index is 8.15. The number of allylic oxidation sites excluding steroid dienone is 1. The number of hydrogen-bond donors (Lipinski definition) is 2. The molecular weight excluding hydrogens is 122 g/mol. The Morgan fingerprint density at radius 2 is 2.33 bits per heavy atom. The van der Waals surface area contributed by atoms with Crippen molar-refractivity contribution in [3.63, 3.8) is 0 Å². The van der Waals surface area contributed by atoms with E-state index in [0.29, 0.717) is 0 Å². The number of rotatable bonds is 2. The normalized spacial score (nSPS) is 25.9. The van der Waals surface area contributed by atoms with Crippen LogP contribution in [0.5, 0.6) is 0 Å². The Labute approximate surface area is 52.8 Å². The molecule has 0 saturated heterocycles. The molecule has 1 atom stereocenters. The molecule has 0 aliphatic heterocycles. The van der Waals surface area contributed by atoms with Crippen LogP contribution in [0.4, 0.5) is 0 Å². The van der Waals surface area contributed by atoms with E-state index in [9.17, 15) is 0 Å². The van der Waals surface area contributed by atoms with Crippen LogP contribution in [0.25, 0.3) is 0 Å². The standard InChI is InChI=1S/C5H9NO3/c7-6(8)9-5-3-1-2-4-5/h1,3,5,7-8H,2,4H2. The van der Waals surface area contributed by atoms with Crippen molar-refractivity contribution in [2.75, 3.05) is 0 Å². The van der Waals surface area contributed by atoms with Gasteiger partial charge in [-0.2, -0.15) is 0 Å². The molecule has 1 unspecified atom stereocenters. The molecule has 0 bridgehead atoms. The third-order valence-corrected chi connectivity index (χ3v) is 1.20. The molecule has 0 saturated carbocycles. The first-order chi connectivity index (χ1) is 4.29.